The van der Waals surface area contributed by atoms with Crippen LogP contribution in [-0.2, 0) is 20.9 Å². The Morgan fingerprint density at radius 3 is 2.68 bits per heavy atom. The van der Waals surface area contributed by atoms with Gasteiger partial charge >= 0.3 is 0 Å². The molecular weight excluding hydrogens is 324 g/mol. The van der Waals surface area contributed by atoms with Crippen LogP contribution in [0.4, 0.5) is 5.69 Å². The lowest BCUT2D eigenvalue weighted by Crippen LogP contribution is -2.52. The van der Waals surface area contributed by atoms with Crippen LogP contribution in [0.15, 0.2) is 18.2 Å². The Labute approximate surface area is 143 Å². The van der Waals surface area contributed by atoms with Gasteiger partial charge in [-0.2, -0.15) is 0 Å². The summed E-state index contributed by atoms with van der Waals surface area (Å²) < 4.78 is 0. The molecule has 2 atom stereocenters. The number of carbonyl (C=O) groups excluding carboxylic acids is 4. The molecule has 3 aliphatic rings. The third kappa shape index (κ3) is 2.68. The van der Waals surface area contributed by atoms with Crippen molar-refractivity contribution in [2.24, 2.45) is 0 Å². The first-order valence-electron chi connectivity index (χ1n) is 8.35. The van der Waals surface area contributed by atoms with E-state index >= 15 is 0 Å². The Kier molecular flexibility index (Phi) is 3.76. The van der Waals surface area contributed by atoms with Gasteiger partial charge in [0.05, 0.1) is 6.04 Å². The van der Waals surface area contributed by atoms with Gasteiger partial charge in [0.1, 0.15) is 6.04 Å². The van der Waals surface area contributed by atoms with Crippen molar-refractivity contribution in [2.45, 2.75) is 37.9 Å². The van der Waals surface area contributed by atoms with E-state index in [1.54, 1.807) is 18.2 Å². The second kappa shape index (κ2) is 5.96. The summed E-state index contributed by atoms with van der Waals surface area (Å²) in [6, 6.07) is 4.32. The Morgan fingerprint density at radius 2 is 2.00 bits per heavy atom. The molecule has 130 valence electrons. The molecule has 0 saturated carbocycles. The van der Waals surface area contributed by atoms with Gasteiger partial charge in [-0.25, -0.2) is 0 Å². The monoisotopic (exact) mass is 342 g/mol. The quantitative estimate of drug-likeness (QED) is 0.657. The van der Waals surface area contributed by atoms with Gasteiger partial charge in [0.25, 0.3) is 5.91 Å². The first kappa shape index (κ1) is 15.8. The molecule has 3 aliphatic heterocycles. The SMILES string of the molecule is O=C1CCC(N2Cc3c(NC(=O)[C@H]4CCN4)cccc3C2=O)C(=O)N1. The summed E-state index contributed by atoms with van der Waals surface area (Å²) in [5.74, 6) is -1.12. The summed E-state index contributed by atoms with van der Waals surface area (Å²) in [7, 11) is 0. The highest BCUT2D eigenvalue weighted by Gasteiger charge is 2.40. The van der Waals surface area contributed by atoms with E-state index in [1.807, 2.05) is 0 Å². The number of fused-ring (bicyclic) bond motifs is 1. The Balaban J connectivity index is 1.56. The zero-order valence-electron chi connectivity index (χ0n) is 13.5. The maximum atomic E-state index is 12.7. The number of imide groups is 1. The molecule has 4 rings (SSSR count). The van der Waals surface area contributed by atoms with Crippen molar-refractivity contribution >= 4 is 29.3 Å². The highest BCUT2D eigenvalue weighted by molar-refractivity contribution is 6.07. The zero-order valence-corrected chi connectivity index (χ0v) is 13.5. The van der Waals surface area contributed by atoms with E-state index in [9.17, 15) is 19.2 Å². The van der Waals surface area contributed by atoms with Gasteiger partial charge in [0.15, 0.2) is 0 Å². The van der Waals surface area contributed by atoms with Crippen LogP contribution in [-0.4, -0.2) is 47.2 Å². The van der Waals surface area contributed by atoms with Crippen LogP contribution in [0.5, 0.6) is 0 Å². The number of nitrogens with one attached hydrogen (secondary N) is 3. The van der Waals surface area contributed by atoms with Crippen molar-refractivity contribution < 1.29 is 19.2 Å². The van der Waals surface area contributed by atoms with Gasteiger partial charge in [-0.3, -0.25) is 24.5 Å². The van der Waals surface area contributed by atoms with E-state index in [4.69, 9.17) is 0 Å². The molecule has 0 bridgehead atoms. The van der Waals surface area contributed by atoms with Crippen LogP contribution < -0.4 is 16.0 Å². The van der Waals surface area contributed by atoms with Crippen molar-refractivity contribution in [1.82, 2.24) is 15.5 Å². The number of piperidine rings is 1. The molecule has 3 heterocycles. The second-order valence-corrected chi connectivity index (χ2v) is 6.52. The summed E-state index contributed by atoms with van der Waals surface area (Å²) in [5, 5.41) is 8.19. The molecule has 2 saturated heterocycles. The number of benzene rings is 1. The second-order valence-electron chi connectivity index (χ2n) is 6.52. The number of nitrogens with zero attached hydrogens (tertiary/aromatic N) is 1. The minimum absolute atomic E-state index is 0.119. The summed E-state index contributed by atoms with van der Waals surface area (Å²) in [4.78, 5) is 49.7. The lowest BCUT2D eigenvalue weighted by Gasteiger charge is -2.29. The number of hydrogen-bond donors (Lipinski definition) is 3. The van der Waals surface area contributed by atoms with E-state index in [2.05, 4.69) is 16.0 Å². The van der Waals surface area contributed by atoms with Gasteiger partial charge in [-0.1, -0.05) is 6.07 Å². The van der Waals surface area contributed by atoms with Gasteiger partial charge in [0.2, 0.25) is 17.7 Å². The molecule has 3 N–H and O–H groups in total. The molecule has 8 heteroatoms. The van der Waals surface area contributed by atoms with Crippen LogP contribution in [0.3, 0.4) is 0 Å². The zero-order chi connectivity index (χ0) is 17.6. The Bertz CT molecular complexity index is 787. The molecule has 0 spiro atoms. The summed E-state index contributed by atoms with van der Waals surface area (Å²) in [6.07, 6.45) is 1.33. The number of rotatable bonds is 3. The average Bonchev–Trinajstić information content (AvgIpc) is 2.84. The number of anilines is 1. The molecule has 0 aliphatic carbocycles. The van der Waals surface area contributed by atoms with E-state index < -0.39 is 11.9 Å². The first-order chi connectivity index (χ1) is 12.0. The van der Waals surface area contributed by atoms with Gasteiger partial charge in [0, 0.05) is 29.8 Å². The van der Waals surface area contributed by atoms with Crippen molar-refractivity contribution in [3.05, 3.63) is 29.3 Å². The minimum Gasteiger partial charge on any atom is -0.324 e. The Hall–Kier alpha value is -2.74. The fourth-order valence-electron chi connectivity index (χ4n) is 3.44. The largest absolute Gasteiger partial charge is 0.324 e. The average molecular weight is 342 g/mol. The van der Waals surface area contributed by atoms with E-state index in [0.717, 1.165) is 13.0 Å². The lowest BCUT2D eigenvalue weighted by molar-refractivity contribution is -0.137. The minimum atomic E-state index is -0.658. The first-order valence-corrected chi connectivity index (χ1v) is 8.35. The van der Waals surface area contributed by atoms with E-state index in [1.165, 1.54) is 4.90 Å². The van der Waals surface area contributed by atoms with Crippen LogP contribution in [0, 0.1) is 0 Å². The molecule has 0 radical (unpaired) electrons. The smallest absolute Gasteiger partial charge is 0.255 e. The highest BCUT2D eigenvalue weighted by atomic mass is 16.2. The van der Waals surface area contributed by atoms with Gasteiger partial charge in [-0.05, 0) is 31.5 Å². The number of amides is 4. The highest BCUT2D eigenvalue weighted by Crippen LogP contribution is 2.32. The number of hydrogen-bond acceptors (Lipinski definition) is 5. The van der Waals surface area contributed by atoms with Crippen LogP contribution in [0.1, 0.15) is 35.2 Å². The Morgan fingerprint density at radius 1 is 1.20 bits per heavy atom. The topological polar surface area (TPSA) is 108 Å². The standard InChI is InChI=1S/C17H18N4O4/c22-14-5-4-13(16(24)20-14)21-8-10-9(17(21)25)2-1-3-11(10)19-15(23)12-6-7-18-12/h1-3,12-13,18H,4-8H2,(H,19,23)(H,20,22,24)/t12-,13?/m1/s1. The lowest BCUT2D eigenvalue weighted by atomic mass is 10.0. The van der Waals surface area contributed by atoms with Crippen LogP contribution in [0.25, 0.3) is 0 Å². The van der Waals surface area contributed by atoms with Crippen LogP contribution in [0.2, 0.25) is 0 Å². The van der Waals surface area contributed by atoms with Crippen molar-refractivity contribution in [1.29, 1.82) is 0 Å². The number of carbonyl (C=O) groups is 4. The summed E-state index contributed by atoms with van der Waals surface area (Å²) in [6.45, 7) is 1.07. The molecule has 25 heavy (non-hydrogen) atoms. The predicted molar refractivity (Wildman–Crippen MR) is 87.5 cm³/mol. The van der Waals surface area contributed by atoms with Crippen LogP contribution >= 0.6 is 0 Å². The van der Waals surface area contributed by atoms with Gasteiger partial charge < -0.3 is 15.5 Å². The molecule has 0 aromatic heterocycles. The third-order valence-corrected chi connectivity index (χ3v) is 4.98. The summed E-state index contributed by atoms with van der Waals surface area (Å²) >= 11 is 0. The molecule has 2 fully saturated rings. The summed E-state index contributed by atoms with van der Waals surface area (Å²) in [5.41, 5.74) is 1.80. The fraction of sp³-hybridized carbons (Fsp3) is 0.412. The van der Waals surface area contributed by atoms with Crippen molar-refractivity contribution in [2.75, 3.05) is 11.9 Å². The molecule has 4 amide bonds. The van der Waals surface area contributed by atoms with Crippen molar-refractivity contribution in [3.63, 3.8) is 0 Å². The fourth-order valence-corrected chi connectivity index (χ4v) is 3.44. The maximum absolute atomic E-state index is 12.7. The molecule has 1 unspecified atom stereocenters. The maximum Gasteiger partial charge on any atom is 0.255 e. The predicted octanol–water partition coefficient (Wildman–Crippen LogP) is -0.252. The third-order valence-electron chi connectivity index (χ3n) is 4.98. The molecular formula is C17H18N4O4. The van der Waals surface area contributed by atoms with E-state index in [-0.39, 0.29) is 36.7 Å². The molecule has 8 nitrogen and oxygen atoms in total. The van der Waals surface area contributed by atoms with Gasteiger partial charge in [-0.15, -0.1) is 0 Å². The van der Waals surface area contributed by atoms with Crippen molar-refractivity contribution in [3.8, 4) is 0 Å². The normalized spacial score (nSPS) is 25.3. The molecule has 1 aromatic carbocycles. The molecule has 1 aromatic rings. The van der Waals surface area contributed by atoms with E-state index in [0.29, 0.717) is 23.2 Å².